The van der Waals surface area contributed by atoms with E-state index in [9.17, 15) is 14.4 Å². The Morgan fingerprint density at radius 3 is 2.03 bits per heavy atom. The van der Waals surface area contributed by atoms with Crippen LogP contribution in [0.3, 0.4) is 0 Å². The fourth-order valence-corrected chi connectivity index (χ4v) is 4.35. The molecule has 0 fully saturated rings. The van der Waals surface area contributed by atoms with E-state index in [1.807, 2.05) is 60.0 Å². The molecule has 5 rings (SSSR count). The minimum absolute atomic E-state index is 0.0603. The number of rotatable bonds is 8. The van der Waals surface area contributed by atoms with Gasteiger partial charge >= 0.3 is 0 Å². The molecule has 2 heterocycles. The summed E-state index contributed by atoms with van der Waals surface area (Å²) in [6.45, 7) is 0.648. The van der Waals surface area contributed by atoms with Crippen molar-refractivity contribution in [2.24, 2.45) is 0 Å². The number of carbonyl (C=O) groups is 3. The van der Waals surface area contributed by atoms with Gasteiger partial charge in [0.15, 0.2) is 11.6 Å². The molecule has 3 aromatic carbocycles. The monoisotopic (exact) mass is 479 g/mol. The maximum atomic E-state index is 13.5. The summed E-state index contributed by atoms with van der Waals surface area (Å²) in [5.41, 5.74) is 2.41. The van der Waals surface area contributed by atoms with Crippen LogP contribution in [0, 0.1) is 0 Å². The first-order chi connectivity index (χ1) is 17.5. The first-order valence-corrected chi connectivity index (χ1v) is 11.7. The molecule has 1 aliphatic rings. The molecule has 0 saturated heterocycles. The molecule has 4 aromatic rings. The molecule has 0 bridgehead atoms. The number of hydrogen-bond acceptors (Lipinski definition) is 6. The molecule has 0 saturated carbocycles. The van der Waals surface area contributed by atoms with Crippen molar-refractivity contribution < 1.29 is 14.4 Å². The summed E-state index contributed by atoms with van der Waals surface area (Å²) in [5.74, 6) is 0.183. The van der Waals surface area contributed by atoms with Gasteiger partial charge in [-0.1, -0.05) is 54.6 Å². The van der Waals surface area contributed by atoms with Crippen molar-refractivity contribution >= 4 is 17.6 Å². The largest absolute Gasteiger partial charge is 0.309 e. The zero-order valence-corrected chi connectivity index (χ0v) is 20.1. The molecule has 8 heteroatoms. The van der Waals surface area contributed by atoms with Crippen molar-refractivity contribution in [3.05, 3.63) is 113 Å². The maximum absolute atomic E-state index is 13.5. The second-order valence-electron chi connectivity index (χ2n) is 8.88. The summed E-state index contributed by atoms with van der Waals surface area (Å²) in [6, 6.07) is 23.1. The fourth-order valence-electron chi connectivity index (χ4n) is 4.35. The number of imide groups is 1. The van der Waals surface area contributed by atoms with Crippen LogP contribution in [0.15, 0.2) is 78.9 Å². The molecule has 0 N–H and O–H groups in total. The summed E-state index contributed by atoms with van der Waals surface area (Å²) < 4.78 is 1.81. The van der Waals surface area contributed by atoms with Crippen molar-refractivity contribution in [2.45, 2.75) is 13.0 Å². The van der Waals surface area contributed by atoms with Crippen LogP contribution in [0.4, 0.5) is 0 Å². The minimum atomic E-state index is -0.367. The van der Waals surface area contributed by atoms with Crippen molar-refractivity contribution in [3.8, 4) is 5.69 Å². The molecule has 0 aliphatic carbocycles. The predicted molar refractivity (Wildman–Crippen MR) is 134 cm³/mol. The summed E-state index contributed by atoms with van der Waals surface area (Å²) in [7, 11) is 3.93. The number of carbonyl (C=O) groups excluding carboxylic acids is 3. The third-order valence-electron chi connectivity index (χ3n) is 6.18. The summed E-state index contributed by atoms with van der Waals surface area (Å²) >= 11 is 0. The number of hydrogen-bond donors (Lipinski definition) is 0. The molecule has 2 amide bonds. The van der Waals surface area contributed by atoms with Gasteiger partial charge in [0.2, 0.25) is 0 Å². The van der Waals surface area contributed by atoms with Gasteiger partial charge in [-0.25, -0.2) is 0 Å². The van der Waals surface area contributed by atoms with Gasteiger partial charge < -0.3 is 4.90 Å². The average molecular weight is 480 g/mol. The number of amides is 2. The van der Waals surface area contributed by atoms with Crippen LogP contribution in [0.25, 0.3) is 5.69 Å². The lowest BCUT2D eigenvalue weighted by Gasteiger charge is -2.18. The highest BCUT2D eigenvalue weighted by atomic mass is 16.2. The number of fused-ring (bicyclic) bond motifs is 1. The molecule has 0 atom stereocenters. The highest BCUT2D eigenvalue weighted by molar-refractivity contribution is 6.21. The molecular weight excluding hydrogens is 454 g/mol. The van der Waals surface area contributed by atoms with E-state index in [1.165, 1.54) is 4.90 Å². The Hall–Kier alpha value is -4.43. The molecular formula is C28H25N5O3. The molecule has 0 unspecified atom stereocenters. The smallest absolute Gasteiger partial charge is 0.261 e. The standard InChI is InChI=1S/C28H25N5O3/c1-31(2)17-16-24-29-30-25(18-32-27(35)20-12-6-7-13-21(20)28(32)36)33(24)23-15-9-8-14-22(23)26(34)19-10-4-3-5-11-19/h3-15H,16-18H2,1-2H3. The topological polar surface area (TPSA) is 88.4 Å². The molecule has 36 heavy (non-hydrogen) atoms. The highest BCUT2D eigenvalue weighted by Crippen LogP contribution is 2.27. The van der Waals surface area contributed by atoms with Crippen molar-refractivity contribution in [1.82, 2.24) is 24.6 Å². The van der Waals surface area contributed by atoms with E-state index in [0.29, 0.717) is 52.6 Å². The van der Waals surface area contributed by atoms with Gasteiger partial charge in [-0.3, -0.25) is 23.9 Å². The number of para-hydroxylation sites is 1. The number of aromatic nitrogens is 3. The Morgan fingerprint density at radius 2 is 1.36 bits per heavy atom. The molecule has 0 radical (unpaired) electrons. The van der Waals surface area contributed by atoms with Gasteiger partial charge in [0.05, 0.1) is 23.4 Å². The Labute approximate surface area is 208 Å². The van der Waals surface area contributed by atoms with E-state index in [0.717, 1.165) is 0 Å². The summed E-state index contributed by atoms with van der Waals surface area (Å²) in [6.07, 6.45) is 0.565. The molecule has 0 spiro atoms. The summed E-state index contributed by atoms with van der Waals surface area (Å²) in [4.78, 5) is 42.7. The average Bonchev–Trinajstić information content (AvgIpc) is 3.42. The normalized spacial score (nSPS) is 12.9. The molecule has 8 nitrogen and oxygen atoms in total. The van der Waals surface area contributed by atoms with Crippen LogP contribution in [-0.4, -0.2) is 62.8 Å². The van der Waals surface area contributed by atoms with Gasteiger partial charge in [-0.15, -0.1) is 10.2 Å². The van der Waals surface area contributed by atoms with E-state index in [4.69, 9.17) is 0 Å². The first-order valence-electron chi connectivity index (χ1n) is 11.7. The van der Waals surface area contributed by atoms with Crippen LogP contribution >= 0.6 is 0 Å². The fraction of sp³-hybridized carbons (Fsp3) is 0.179. The third-order valence-corrected chi connectivity index (χ3v) is 6.18. The minimum Gasteiger partial charge on any atom is -0.309 e. The molecule has 1 aromatic heterocycles. The Bertz CT molecular complexity index is 1420. The van der Waals surface area contributed by atoms with E-state index >= 15 is 0 Å². The van der Waals surface area contributed by atoms with E-state index in [1.54, 1.807) is 42.5 Å². The van der Waals surface area contributed by atoms with Crippen molar-refractivity contribution in [2.75, 3.05) is 20.6 Å². The number of nitrogens with zero attached hydrogens (tertiary/aromatic N) is 5. The van der Waals surface area contributed by atoms with Gasteiger partial charge in [0.25, 0.3) is 11.8 Å². The van der Waals surface area contributed by atoms with Crippen molar-refractivity contribution in [1.29, 1.82) is 0 Å². The van der Waals surface area contributed by atoms with Crippen LogP contribution in [-0.2, 0) is 13.0 Å². The van der Waals surface area contributed by atoms with Crippen LogP contribution in [0.5, 0.6) is 0 Å². The third kappa shape index (κ3) is 4.23. The number of ketones is 1. The Balaban J connectivity index is 1.58. The van der Waals surface area contributed by atoms with Crippen LogP contribution in [0.2, 0.25) is 0 Å². The van der Waals surface area contributed by atoms with E-state index < -0.39 is 0 Å². The number of benzene rings is 3. The SMILES string of the molecule is CN(C)CCc1nnc(CN2C(=O)c3ccccc3C2=O)n1-c1ccccc1C(=O)c1ccccc1. The van der Waals surface area contributed by atoms with Gasteiger partial charge in [0.1, 0.15) is 5.82 Å². The van der Waals surface area contributed by atoms with Crippen LogP contribution in [0.1, 0.15) is 48.3 Å². The Kier molecular flexibility index (Phi) is 6.26. The van der Waals surface area contributed by atoms with Gasteiger partial charge in [-0.2, -0.15) is 0 Å². The van der Waals surface area contributed by atoms with Gasteiger partial charge in [-0.05, 0) is 38.4 Å². The first kappa shape index (κ1) is 23.3. The molecule has 1 aliphatic heterocycles. The second-order valence-corrected chi connectivity index (χ2v) is 8.88. The quantitative estimate of drug-likeness (QED) is 0.284. The van der Waals surface area contributed by atoms with Crippen LogP contribution < -0.4 is 0 Å². The van der Waals surface area contributed by atoms with Gasteiger partial charge in [0, 0.05) is 24.1 Å². The molecule has 180 valence electrons. The zero-order valence-electron chi connectivity index (χ0n) is 20.1. The maximum Gasteiger partial charge on any atom is 0.261 e. The van der Waals surface area contributed by atoms with E-state index in [-0.39, 0.29) is 24.1 Å². The predicted octanol–water partition coefficient (Wildman–Crippen LogP) is 3.40. The lowest BCUT2D eigenvalue weighted by atomic mass is 10.0. The zero-order chi connectivity index (χ0) is 25.2. The lowest BCUT2D eigenvalue weighted by Crippen LogP contribution is -2.30. The summed E-state index contributed by atoms with van der Waals surface area (Å²) in [5, 5.41) is 8.78. The highest BCUT2D eigenvalue weighted by Gasteiger charge is 2.36. The number of likely N-dealkylation sites (N-methyl/N-ethyl adjacent to an activating group) is 1. The van der Waals surface area contributed by atoms with Crippen molar-refractivity contribution in [3.63, 3.8) is 0 Å². The Morgan fingerprint density at radius 1 is 0.778 bits per heavy atom. The lowest BCUT2D eigenvalue weighted by molar-refractivity contribution is 0.0637. The van der Waals surface area contributed by atoms with E-state index in [2.05, 4.69) is 10.2 Å². The second kappa shape index (κ2) is 9.67.